The van der Waals surface area contributed by atoms with Gasteiger partial charge in [0.05, 0.1) is 11.4 Å². The number of anilines is 2. The molecule has 0 unspecified atom stereocenters. The summed E-state index contributed by atoms with van der Waals surface area (Å²) in [6.07, 6.45) is 4.61. The van der Waals surface area contributed by atoms with E-state index in [4.69, 9.17) is 5.73 Å². The first-order chi connectivity index (χ1) is 8.54. The van der Waals surface area contributed by atoms with E-state index in [1.165, 1.54) is 0 Å². The minimum atomic E-state index is 0. The Labute approximate surface area is 133 Å². The van der Waals surface area contributed by atoms with E-state index in [9.17, 15) is 4.79 Å². The van der Waals surface area contributed by atoms with Gasteiger partial charge in [-0.15, -0.1) is 12.4 Å². The molecule has 108 valence electrons. The number of nitrogens with one attached hydrogen (secondary N) is 1. The van der Waals surface area contributed by atoms with Crippen molar-refractivity contribution in [2.24, 2.45) is 0 Å². The predicted molar refractivity (Wildman–Crippen MR) is 91.4 cm³/mol. The maximum Gasteiger partial charge on any atom is 0.224 e. The zero-order valence-electron chi connectivity index (χ0n) is 11.2. The van der Waals surface area contributed by atoms with Gasteiger partial charge < -0.3 is 11.1 Å². The van der Waals surface area contributed by atoms with Gasteiger partial charge in [-0.1, -0.05) is 15.9 Å². The van der Waals surface area contributed by atoms with Gasteiger partial charge in [-0.3, -0.25) is 4.79 Å². The lowest BCUT2D eigenvalue weighted by Gasteiger charge is -2.11. The fraction of sp³-hybridized carbons (Fsp3) is 0.462. The molecule has 19 heavy (non-hydrogen) atoms. The van der Waals surface area contributed by atoms with Crippen molar-refractivity contribution in [3.8, 4) is 0 Å². The highest BCUT2D eigenvalue weighted by molar-refractivity contribution is 9.10. The predicted octanol–water partition coefficient (Wildman–Crippen LogP) is 4.23. The lowest BCUT2D eigenvalue weighted by Crippen LogP contribution is -2.13. The van der Waals surface area contributed by atoms with Crippen LogP contribution >= 0.6 is 40.1 Å². The van der Waals surface area contributed by atoms with Crippen LogP contribution in [0.25, 0.3) is 0 Å². The molecule has 1 aromatic carbocycles. The third-order valence-corrected chi connectivity index (χ3v) is 3.78. The molecule has 0 aliphatic carbocycles. The summed E-state index contributed by atoms with van der Waals surface area (Å²) in [7, 11) is 0. The number of carbonyl (C=O) groups is 1. The van der Waals surface area contributed by atoms with Gasteiger partial charge in [0.25, 0.3) is 0 Å². The van der Waals surface area contributed by atoms with E-state index in [0.717, 1.165) is 28.6 Å². The maximum atomic E-state index is 11.8. The summed E-state index contributed by atoms with van der Waals surface area (Å²) in [6.45, 7) is 1.92. The number of hydrogen-bond acceptors (Lipinski definition) is 3. The fourth-order valence-corrected chi connectivity index (χ4v) is 2.67. The summed E-state index contributed by atoms with van der Waals surface area (Å²) in [4.78, 5) is 11.8. The van der Waals surface area contributed by atoms with Crippen LogP contribution in [0.4, 0.5) is 11.4 Å². The topological polar surface area (TPSA) is 55.1 Å². The number of carbonyl (C=O) groups excluding carboxylic acids is 1. The zero-order chi connectivity index (χ0) is 13.5. The average molecular weight is 368 g/mol. The van der Waals surface area contributed by atoms with Crippen molar-refractivity contribution < 1.29 is 4.79 Å². The molecule has 3 nitrogen and oxygen atoms in total. The summed E-state index contributed by atoms with van der Waals surface area (Å²) < 4.78 is 0.923. The molecule has 0 aliphatic heterocycles. The molecule has 6 heteroatoms. The number of rotatable bonds is 6. The Balaban J connectivity index is 0.00000324. The largest absolute Gasteiger partial charge is 0.397 e. The van der Waals surface area contributed by atoms with Gasteiger partial charge in [0, 0.05) is 10.9 Å². The van der Waals surface area contributed by atoms with E-state index >= 15 is 0 Å². The van der Waals surface area contributed by atoms with Gasteiger partial charge in [-0.2, -0.15) is 11.8 Å². The summed E-state index contributed by atoms with van der Waals surface area (Å²) in [5.41, 5.74) is 8.22. The van der Waals surface area contributed by atoms with Crippen LogP contribution in [0.5, 0.6) is 0 Å². The summed E-state index contributed by atoms with van der Waals surface area (Å²) in [6, 6.07) is 3.77. The van der Waals surface area contributed by atoms with Crippen LogP contribution in [-0.4, -0.2) is 17.9 Å². The molecule has 1 aromatic rings. The van der Waals surface area contributed by atoms with Crippen LogP contribution in [-0.2, 0) is 4.79 Å². The molecule has 0 bridgehead atoms. The van der Waals surface area contributed by atoms with Gasteiger partial charge in [0.2, 0.25) is 5.91 Å². The van der Waals surface area contributed by atoms with Gasteiger partial charge in [-0.05, 0) is 49.5 Å². The Kier molecular flexibility index (Phi) is 9.31. The molecule has 1 amide bonds. The number of nitrogen functional groups attached to an aromatic ring is 1. The third-order valence-electron chi connectivity index (χ3n) is 2.63. The van der Waals surface area contributed by atoms with E-state index in [2.05, 4.69) is 27.5 Å². The summed E-state index contributed by atoms with van der Waals surface area (Å²) >= 11 is 5.21. The monoisotopic (exact) mass is 366 g/mol. The standard InChI is InChI=1S/C13H19BrN2OS.ClH/c1-9-7-10(14)8-11(13(9)15)16-12(17)5-3-4-6-18-2;/h7-8H,3-6,15H2,1-2H3,(H,16,17);1H. The second-order valence-corrected chi connectivity index (χ2v) is 6.08. The van der Waals surface area contributed by atoms with Crippen LogP contribution in [0.3, 0.4) is 0 Å². The summed E-state index contributed by atoms with van der Waals surface area (Å²) in [5, 5.41) is 2.87. The Bertz CT molecular complexity index is 429. The molecular formula is C13H20BrClN2OS. The lowest BCUT2D eigenvalue weighted by molar-refractivity contribution is -0.116. The molecule has 0 radical (unpaired) electrons. The number of nitrogens with two attached hydrogens (primary N) is 1. The molecule has 0 spiro atoms. The molecule has 1 rings (SSSR count). The van der Waals surface area contributed by atoms with Gasteiger partial charge in [0.1, 0.15) is 0 Å². The van der Waals surface area contributed by atoms with Crippen molar-refractivity contribution in [2.45, 2.75) is 26.2 Å². The number of halogens is 2. The molecular weight excluding hydrogens is 348 g/mol. The van der Waals surface area contributed by atoms with Crippen LogP contribution in [0.15, 0.2) is 16.6 Å². The SMILES string of the molecule is CSCCCCC(=O)Nc1cc(Br)cc(C)c1N.Cl. The number of amides is 1. The number of hydrogen-bond donors (Lipinski definition) is 2. The van der Waals surface area contributed by atoms with Crippen molar-refractivity contribution >= 4 is 57.4 Å². The number of thioether (sulfide) groups is 1. The Morgan fingerprint density at radius 3 is 2.74 bits per heavy atom. The van der Waals surface area contributed by atoms with E-state index in [-0.39, 0.29) is 18.3 Å². The van der Waals surface area contributed by atoms with Crippen molar-refractivity contribution in [1.29, 1.82) is 0 Å². The molecule has 0 aromatic heterocycles. The first-order valence-corrected chi connectivity index (χ1v) is 8.07. The van der Waals surface area contributed by atoms with Gasteiger partial charge in [-0.25, -0.2) is 0 Å². The first kappa shape index (κ1) is 18.6. The quantitative estimate of drug-likeness (QED) is 0.584. The minimum Gasteiger partial charge on any atom is -0.397 e. The highest BCUT2D eigenvalue weighted by Gasteiger charge is 2.08. The number of aryl methyl sites for hydroxylation is 1. The Hall–Kier alpha value is -0.390. The zero-order valence-corrected chi connectivity index (χ0v) is 14.4. The minimum absolute atomic E-state index is 0. The highest BCUT2D eigenvalue weighted by atomic mass is 79.9. The van der Waals surface area contributed by atoms with Gasteiger partial charge >= 0.3 is 0 Å². The molecule has 0 aliphatic rings. The fourth-order valence-electron chi connectivity index (χ4n) is 1.60. The second kappa shape index (κ2) is 9.50. The Morgan fingerprint density at radius 1 is 1.42 bits per heavy atom. The lowest BCUT2D eigenvalue weighted by atomic mass is 10.1. The second-order valence-electron chi connectivity index (χ2n) is 4.18. The molecule has 0 heterocycles. The van der Waals surface area contributed by atoms with Crippen LogP contribution in [0.1, 0.15) is 24.8 Å². The Morgan fingerprint density at radius 2 is 2.11 bits per heavy atom. The van der Waals surface area contributed by atoms with Crippen molar-refractivity contribution in [3.05, 3.63) is 22.2 Å². The molecule has 0 saturated heterocycles. The highest BCUT2D eigenvalue weighted by Crippen LogP contribution is 2.27. The molecule has 0 fully saturated rings. The van der Waals surface area contributed by atoms with Crippen molar-refractivity contribution in [3.63, 3.8) is 0 Å². The molecule has 0 atom stereocenters. The number of unbranched alkanes of at least 4 members (excludes halogenated alkanes) is 1. The first-order valence-electron chi connectivity index (χ1n) is 5.89. The van der Waals surface area contributed by atoms with E-state index in [0.29, 0.717) is 17.8 Å². The van der Waals surface area contributed by atoms with Crippen LogP contribution < -0.4 is 11.1 Å². The van der Waals surface area contributed by atoms with Gasteiger partial charge in [0.15, 0.2) is 0 Å². The van der Waals surface area contributed by atoms with Crippen LogP contribution in [0.2, 0.25) is 0 Å². The molecule has 3 N–H and O–H groups in total. The number of benzene rings is 1. The van der Waals surface area contributed by atoms with E-state index in [1.54, 1.807) is 11.8 Å². The maximum absolute atomic E-state index is 11.8. The smallest absolute Gasteiger partial charge is 0.224 e. The van der Waals surface area contributed by atoms with Crippen molar-refractivity contribution in [1.82, 2.24) is 0 Å². The van der Waals surface area contributed by atoms with Crippen LogP contribution in [0, 0.1) is 6.92 Å². The van der Waals surface area contributed by atoms with E-state index < -0.39 is 0 Å². The van der Waals surface area contributed by atoms with Crippen molar-refractivity contribution in [2.75, 3.05) is 23.1 Å². The summed E-state index contributed by atoms with van der Waals surface area (Å²) in [5.74, 6) is 1.13. The van der Waals surface area contributed by atoms with E-state index in [1.807, 2.05) is 19.1 Å². The molecule has 0 saturated carbocycles. The normalized spacial score (nSPS) is 9.84. The average Bonchev–Trinajstić information content (AvgIpc) is 2.31. The third kappa shape index (κ3) is 6.54.